The van der Waals surface area contributed by atoms with Crippen LogP contribution >= 0.6 is 22.9 Å². The predicted octanol–water partition coefficient (Wildman–Crippen LogP) is 2.76. The largest absolute Gasteiger partial charge is 0.346 e. The molecule has 3 aromatic rings. The Morgan fingerprint density at radius 2 is 1.91 bits per heavy atom. The molecule has 2 heterocycles. The van der Waals surface area contributed by atoms with Crippen LogP contribution in [-0.4, -0.2) is 45.8 Å². The first-order valence-corrected chi connectivity index (χ1v) is 13.5. The van der Waals surface area contributed by atoms with E-state index in [0.717, 1.165) is 11.1 Å². The van der Waals surface area contributed by atoms with Crippen molar-refractivity contribution >= 4 is 38.9 Å². The summed E-state index contributed by atoms with van der Waals surface area (Å²) in [5.74, 6) is -0.324. The first-order valence-electron chi connectivity index (χ1n) is 10.8. The number of nitrogens with zero attached hydrogens (tertiary/aromatic N) is 1. The molecule has 2 N–H and O–H groups in total. The lowest BCUT2D eigenvalue weighted by atomic mass is 10.0. The van der Waals surface area contributed by atoms with Gasteiger partial charge in [0, 0.05) is 18.7 Å². The highest BCUT2D eigenvalue weighted by molar-refractivity contribution is 7.89. The summed E-state index contributed by atoms with van der Waals surface area (Å²) in [6.45, 7) is 1.11. The van der Waals surface area contributed by atoms with E-state index < -0.39 is 10.0 Å². The summed E-state index contributed by atoms with van der Waals surface area (Å²) in [7, 11) is 0.231. The molecule has 4 rings (SSSR count). The first-order chi connectivity index (χ1) is 15.8. The van der Waals surface area contributed by atoms with Crippen LogP contribution in [0.4, 0.5) is 0 Å². The van der Waals surface area contributed by atoms with E-state index in [1.807, 2.05) is 49.8 Å². The molecule has 6 nitrogen and oxygen atoms in total. The molecular formula is C24H27ClN3O3S2+. The smallest absolute Gasteiger partial charge is 0.251 e. The number of sulfonamides is 1. The Balaban J connectivity index is 1.53. The third kappa shape index (κ3) is 5.15. The summed E-state index contributed by atoms with van der Waals surface area (Å²) in [5, 5.41) is 5.08. The molecule has 0 spiro atoms. The van der Waals surface area contributed by atoms with E-state index in [4.69, 9.17) is 11.6 Å². The van der Waals surface area contributed by atoms with E-state index in [1.54, 1.807) is 17.4 Å². The molecule has 0 unspecified atom stereocenters. The van der Waals surface area contributed by atoms with E-state index in [0.29, 0.717) is 26.1 Å². The fourth-order valence-electron chi connectivity index (χ4n) is 4.03. The first kappa shape index (κ1) is 23.9. The standard InChI is InChI=1S/C24H26ClN3O3S2/c1-27(2)21(22-8-5-13-32-22)15-26-24(29)18-9-10-20(25)23(14-18)33(30,31)28-12-11-17-6-3-4-7-19(17)16-28/h3-10,13-14,21H,11-12,15-16H2,1-2H3,(H,26,29)/p+1/t21-/m0/s1. The number of thiophene rings is 1. The number of carbonyl (C=O) groups is 1. The van der Waals surface area contributed by atoms with Gasteiger partial charge in [0.2, 0.25) is 10.0 Å². The van der Waals surface area contributed by atoms with Crippen molar-refractivity contribution < 1.29 is 18.1 Å². The number of hydrogen-bond donors (Lipinski definition) is 2. The van der Waals surface area contributed by atoms with Gasteiger partial charge in [0.1, 0.15) is 10.9 Å². The van der Waals surface area contributed by atoms with Gasteiger partial charge in [-0.05, 0) is 47.2 Å². The second-order valence-electron chi connectivity index (χ2n) is 8.36. The monoisotopic (exact) mass is 504 g/mol. The molecule has 174 valence electrons. The number of fused-ring (bicyclic) bond motifs is 1. The van der Waals surface area contributed by atoms with Gasteiger partial charge >= 0.3 is 0 Å². The number of likely N-dealkylation sites (N-methyl/N-ethyl adjacent to an activating group) is 1. The highest BCUT2D eigenvalue weighted by atomic mass is 35.5. The van der Waals surface area contributed by atoms with Crippen molar-refractivity contribution in [1.82, 2.24) is 9.62 Å². The molecule has 1 atom stereocenters. The summed E-state index contributed by atoms with van der Waals surface area (Å²) >= 11 is 7.95. The molecule has 0 saturated heterocycles. The van der Waals surface area contributed by atoms with E-state index in [9.17, 15) is 13.2 Å². The Bertz CT molecular complexity index is 1240. The molecule has 0 aliphatic carbocycles. The van der Waals surface area contributed by atoms with Crippen molar-refractivity contribution in [2.24, 2.45) is 0 Å². The SMILES string of the molecule is C[NH+](C)[C@@H](CNC(=O)c1ccc(Cl)c(S(=O)(=O)N2CCc3ccccc3C2)c1)c1cccs1. The summed E-state index contributed by atoms with van der Waals surface area (Å²) in [4.78, 5) is 15.2. The van der Waals surface area contributed by atoms with E-state index in [1.165, 1.54) is 26.2 Å². The second kappa shape index (κ2) is 9.95. The van der Waals surface area contributed by atoms with Gasteiger partial charge in [-0.1, -0.05) is 41.9 Å². The molecule has 0 bridgehead atoms. The molecule has 2 aromatic carbocycles. The van der Waals surface area contributed by atoms with Crippen molar-refractivity contribution in [3.63, 3.8) is 0 Å². The Labute approximate surface area is 203 Å². The molecule has 1 aliphatic rings. The van der Waals surface area contributed by atoms with Crippen LogP contribution in [0, 0.1) is 0 Å². The quantitative estimate of drug-likeness (QED) is 0.520. The molecule has 1 aliphatic heterocycles. The van der Waals surface area contributed by atoms with Crippen LogP contribution in [0.15, 0.2) is 64.9 Å². The maximum Gasteiger partial charge on any atom is 0.251 e. The van der Waals surface area contributed by atoms with Crippen molar-refractivity contribution in [3.8, 4) is 0 Å². The molecule has 0 saturated carbocycles. The lowest BCUT2D eigenvalue weighted by Gasteiger charge is -2.28. The molecule has 9 heteroatoms. The number of rotatable bonds is 7. The summed E-state index contributed by atoms with van der Waals surface area (Å²) in [6, 6.07) is 16.4. The van der Waals surface area contributed by atoms with Crippen LogP contribution in [0.2, 0.25) is 5.02 Å². The maximum atomic E-state index is 13.4. The van der Waals surface area contributed by atoms with Gasteiger partial charge in [-0.15, -0.1) is 11.3 Å². The van der Waals surface area contributed by atoms with E-state index in [-0.39, 0.29) is 27.4 Å². The fraction of sp³-hybridized carbons (Fsp3) is 0.292. The van der Waals surface area contributed by atoms with Gasteiger partial charge < -0.3 is 10.2 Å². The van der Waals surface area contributed by atoms with Crippen LogP contribution < -0.4 is 10.2 Å². The number of carbonyl (C=O) groups excluding carboxylic acids is 1. The number of hydrogen-bond acceptors (Lipinski definition) is 4. The summed E-state index contributed by atoms with van der Waals surface area (Å²) < 4.78 is 28.3. The van der Waals surface area contributed by atoms with Crippen LogP contribution in [0.25, 0.3) is 0 Å². The molecule has 33 heavy (non-hydrogen) atoms. The number of nitrogens with one attached hydrogen (secondary N) is 2. The van der Waals surface area contributed by atoms with E-state index in [2.05, 4.69) is 11.4 Å². The van der Waals surface area contributed by atoms with Gasteiger partial charge in [0.25, 0.3) is 5.91 Å². The van der Waals surface area contributed by atoms with Crippen LogP contribution in [-0.2, 0) is 23.0 Å². The molecular weight excluding hydrogens is 478 g/mol. The van der Waals surface area contributed by atoms with Gasteiger partial charge in [-0.3, -0.25) is 4.79 Å². The van der Waals surface area contributed by atoms with Crippen molar-refractivity contribution in [2.75, 3.05) is 27.2 Å². The third-order valence-corrected chi connectivity index (χ3v) is 9.27. The summed E-state index contributed by atoms with van der Waals surface area (Å²) in [6.07, 6.45) is 0.643. The Kier molecular flexibility index (Phi) is 7.21. The molecule has 1 aromatic heterocycles. The van der Waals surface area contributed by atoms with Gasteiger partial charge in [-0.2, -0.15) is 4.31 Å². The zero-order chi connectivity index (χ0) is 23.6. The zero-order valence-corrected chi connectivity index (χ0v) is 20.9. The lowest BCUT2D eigenvalue weighted by Crippen LogP contribution is -3.06. The Hall–Kier alpha value is -2.23. The molecule has 1 amide bonds. The minimum absolute atomic E-state index is 0.0377. The number of benzene rings is 2. The second-order valence-corrected chi connectivity index (χ2v) is 11.7. The minimum Gasteiger partial charge on any atom is -0.346 e. The average Bonchev–Trinajstić information content (AvgIpc) is 3.33. The maximum absolute atomic E-state index is 13.4. The predicted molar refractivity (Wildman–Crippen MR) is 131 cm³/mol. The zero-order valence-electron chi connectivity index (χ0n) is 18.5. The summed E-state index contributed by atoms with van der Waals surface area (Å²) in [5.41, 5.74) is 2.42. The average molecular weight is 505 g/mol. The number of amides is 1. The minimum atomic E-state index is -3.85. The number of halogens is 1. The Morgan fingerprint density at radius 1 is 1.15 bits per heavy atom. The van der Waals surface area contributed by atoms with Crippen LogP contribution in [0.3, 0.4) is 0 Å². The van der Waals surface area contributed by atoms with Gasteiger partial charge in [0.15, 0.2) is 0 Å². The van der Waals surface area contributed by atoms with Gasteiger partial charge in [-0.25, -0.2) is 8.42 Å². The normalized spacial score (nSPS) is 15.3. The highest BCUT2D eigenvalue weighted by Crippen LogP contribution is 2.30. The topological polar surface area (TPSA) is 70.9 Å². The lowest BCUT2D eigenvalue weighted by molar-refractivity contribution is -0.890. The van der Waals surface area contributed by atoms with Crippen molar-refractivity contribution in [3.05, 3.63) is 86.6 Å². The Morgan fingerprint density at radius 3 is 2.61 bits per heavy atom. The fourth-order valence-corrected chi connectivity index (χ4v) is 6.91. The van der Waals surface area contributed by atoms with E-state index >= 15 is 0 Å². The third-order valence-electron chi connectivity index (χ3n) is 5.96. The molecule has 0 radical (unpaired) electrons. The van der Waals surface area contributed by atoms with Gasteiger partial charge in [0.05, 0.1) is 30.5 Å². The van der Waals surface area contributed by atoms with Crippen molar-refractivity contribution in [2.45, 2.75) is 23.9 Å². The molecule has 0 fully saturated rings. The van der Waals surface area contributed by atoms with Crippen LogP contribution in [0.5, 0.6) is 0 Å². The van der Waals surface area contributed by atoms with Crippen molar-refractivity contribution in [1.29, 1.82) is 0 Å². The number of quaternary nitrogens is 1. The van der Waals surface area contributed by atoms with Crippen LogP contribution in [0.1, 0.15) is 32.4 Å². The highest BCUT2D eigenvalue weighted by Gasteiger charge is 2.30.